The number of carbonyl (C=O) groups is 1. The third kappa shape index (κ3) is 1.57. The van der Waals surface area contributed by atoms with Gasteiger partial charge in [0.2, 0.25) is 0 Å². The van der Waals surface area contributed by atoms with Crippen LogP contribution in [0, 0.1) is 0 Å². The molecule has 4 heteroatoms. The minimum atomic E-state index is -0.260. The molecule has 1 heterocycles. The molecular weight excluding hydrogens is 198 g/mol. The normalized spacial score (nSPS) is 13.3. The molecule has 2 rings (SSSR count). The molecule has 74 valence electrons. The number of benzene rings is 1. The van der Waals surface area contributed by atoms with Gasteiger partial charge < -0.3 is 9.64 Å². The third-order valence-corrected chi connectivity index (χ3v) is 2.65. The van der Waals surface area contributed by atoms with Crippen LogP contribution in [-0.4, -0.2) is 18.9 Å². The lowest BCUT2D eigenvalue weighted by molar-refractivity contribution is 0.266. The zero-order chi connectivity index (χ0) is 10.1. The molecule has 0 spiro atoms. The summed E-state index contributed by atoms with van der Waals surface area (Å²) in [5.74, 6) is 0.925. The van der Waals surface area contributed by atoms with E-state index >= 15 is 0 Å². The quantitative estimate of drug-likeness (QED) is 0.718. The summed E-state index contributed by atoms with van der Waals surface area (Å²) < 4.78 is 5.37. The number of ether oxygens (including phenoxy) is 1. The minimum absolute atomic E-state index is 0.260. The molecule has 0 atom stereocenters. The summed E-state index contributed by atoms with van der Waals surface area (Å²) in [6.07, 6.45) is 0.914. The molecule has 0 saturated carbocycles. The highest BCUT2D eigenvalue weighted by atomic mass is 32.1. The van der Waals surface area contributed by atoms with Gasteiger partial charge in [0.25, 0.3) is 5.24 Å². The van der Waals surface area contributed by atoms with Crippen molar-refractivity contribution in [2.24, 2.45) is 0 Å². The van der Waals surface area contributed by atoms with Crippen molar-refractivity contribution in [2.45, 2.75) is 6.42 Å². The average Bonchev–Trinajstić information content (AvgIpc) is 2.62. The van der Waals surface area contributed by atoms with E-state index in [9.17, 15) is 4.79 Å². The summed E-state index contributed by atoms with van der Waals surface area (Å²) in [6, 6.07) is 5.72. The highest BCUT2D eigenvalue weighted by Gasteiger charge is 2.14. The van der Waals surface area contributed by atoms with Gasteiger partial charge in [-0.2, -0.15) is 0 Å². The summed E-state index contributed by atoms with van der Waals surface area (Å²) in [5.41, 5.74) is 2.01. The number of hydrogen-bond donors (Lipinski definition) is 1. The van der Waals surface area contributed by atoms with Crippen LogP contribution in [0.3, 0.4) is 0 Å². The summed E-state index contributed by atoms with van der Waals surface area (Å²) in [5, 5.41) is -0.260. The fourth-order valence-corrected chi connectivity index (χ4v) is 1.61. The maximum absolute atomic E-state index is 11.0. The van der Waals surface area contributed by atoms with Crippen LogP contribution >= 0.6 is 12.6 Å². The Morgan fingerprint density at radius 2 is 2.36 bits per heavy atom. The summed E-state index contributed by atoms with van der Waals surface area (Å²) in [6.45, 7) is 0.733. The zero-order valence-corrected chi connectivity index (χ0v) is 8.75. The molecule has 0 saturated heterocycles. The summed E-state index contributed by atoms with van der Waals surface area (Å²) in [7, 11) is 1.70. The van der Waals surface area contributed by atoms with Crippen LogP contribution in [0.5, 0.6) is 5.75 Å². The van der Waals surface area contributed by atoms with Gasteiger partial charge in [-0.25, -0.2) is 0 Å². The van der Waals surface area contributed by atoms with Crippen molar-refractivity contribution in [1.29, 1.82) is 0 Å². The van der Waals surface area contributed by atoms with E-state index in [-0.39, 0.29) is 5.24 Å². The molecule has 0 unspecified atom stereocenters. The first-order valence-corrected chi connectivity index (χ1v) is 4.85. The van der Waals surface area contributed by atoms with E-state index in [1.165, 1.54) is 4.90 Å². The van der Waals surface area contributed by atoms with Crippen LogP contribution in [0.15, 0.2) is 18.2 Å². The lowest BCUT2D eigenvalue weighted by Crippen LogP contribution is -2.19. The first kappa shape index (κ1) is 9.40. The second-order valence-corrected chi connectivity index (χ2v) is 3.61. The molecule has 3 nitrogen and oxygen atoms in total. The number of rotatable bonds is 1. The van der Waals surface area contributed by atoms with Crippen molar-refractivity contribution in [3.05, 3.63) is 23.8 Å². The molecule has 0 aromatic heterocycles. The molecule has 1 aliphatic rings. The van der Waals surface area contributed by atoms with E-state index in [0.29, 0.717) is 0 Å². The van der Waals surface area contributed by atoms with Gasteiger partial charge >= 0.3 is 0 Å². The van der Waals surface area contributed by atoms with Crippen molar-refractivity contribution < 1.29 is 9.53 Å². The molecule has 0 bridgehead atoms. The topological polar surface area (TPSA) is 29.5 Å². The van der Waals surface area contributed by atoms with Gasteiger partial charge in [-0.3, -0.25) is 4.79 Å². The fourth-order valence-electron chi connectivity index (χ4n) is 1.49. The van der Waals surface area contributed by atoms with Crippen LogP contribution in [-0.2, 0) is 6.42 Å². The van der Waals surface area contributed by atoms with Crippen LogP contribution in [0.1, 0.15) is 5.56 Å². The molecule has 1 aromatic rings. The SMILES string of the molecule is CN(C(=O)S)c1ccc2c(c1)CCO2. The molecule has 0 radical (unpaired) electrons. The Bertz CT molecular complexity index is 378. The Morgan fingerprint density at radius 3 is 3.07 bits per heavy atom. The van der Waals surface area contributed by atoms with Crippen LogP contribution in [0.25, 0.3) is 0 Å². The molecule has 14 heavy (non-hydrogen) atoms. The van der Waals surface area contributed by atoms with E-state index in [4.69, 9.17) is 4.74 Å². The zero-order valence-electron chi connectivity index (χ0n) is 7.86. The summed E-state index contributed by atoms with van der Waals surface area (Å²) >= 11 is 3.77. The molecule has 0 N–H and O–H groups in total. The Morgan fingerprint density at radius 1 is 1.57 bits per heavy atom. The first-order chi connectivity index (χ1) is 6.68. The van der Waals surface area contributed by atoms with E-state index in [1.54, 1.807) is 7.05 Å². The Labute approximate surface area is 88.1 Å². The van der Waals surface area contributed by atoms with Crippen LogP contribution < -0.4 is 9.64 Å². The third-order valence-electron chi connectivity index (χ3n) is 2.35. The number of anilines is 1. The van der Waals surface area contributed by atoms with Gasteiger partial charge in [0.05, 0.1) is 6.61 Å². The minimum Gasteiger partial charge on any atom is -0.493 e. The van der Waals surface area contributed by atoms with E-state index in [0.717, 1.165) is 30.0 Å². The monoisotopic (exact) mass is 209 g/mol. The Kier molecular flexibility index (Phi) is 2.37. The highest BCUT2D eigenvalue weighted by molar-refractivity contribution is 7.96. The van der Waals surface area contributed by atoms with Crippen molar-refractivity contribution in [3.8, 4) is 5.75 Å². The number of thiol groups is 1. The number of amides is 1. The molecule has 1 aromatic carbocycles. The molecule has 0 aliphatic carbocycles. The average molecular weight is 209 g/mol. The smallest absolute Gasteiger partial charge is 0.282 e. The molecular formula is C10H11NO2S. The van der Waals surface area contributed by atoms with Crippen molar-refractivity contribution in [2.75, 3.05) is 18.6 Å². The molecule has 0 fully saturated rings. The van der Waals surface area contributed by atoms with Crippen LogP contribution in [0.4, 0.5) is 10.5 Å². The van der Waals surface area contributed by atoms with Crippen molar-refractivity contribution >= 4 is 23.6 Å². The highest BCUT2D eigenvalue weighted by Crippen LogP contribution is 2.29. The van der Waals surface area contributed by atoms with E-state index in [2.05, 4.69) is 12.6 Å². The standard InChI is InChI=1S/C10H11NO2S/c1-11(10(12)14)8-2-3-9-7(6-8)4-5-13-9/h2-3,6H,4-5H2,1H3,(H,12,14). The first-order valence-electron chi connectivity index (χ1n) is 4.41. The Balaban J connectivity index is 2.33. The molecule has 1 amide bonds. The largest absolute Gasteiger partial charge is 0.493 e. The number of fused-ring (bicyclic) bond motifs is 1. The summed E-state index contributed by atoms with van der Waals surface area (Å²) in [4.78, 5) is 12.5. The second-order valence-electron chi connectivity index (χ2n) is 3.23. The predicted molar refractivity (Wildman–Crippen MR) is 58.4 cm³/mol. The van der Waals surface area contributed by atoms with E-state index < -0.39 is 0 Å². The Hall–Kier alpha value is -1.16. The lowest BCUT2D eigenvalue weighted by Gasteiger charge is -2.14. The van der Waals surface area contributed by atoms with Gasteiger partial charge in [0, 0.05) is 19.2 Å². The maximum atomic E-state index is 11.0. The van der Waals surface area contributed by atoms with Gasteiger partial charge in [-0.05, 0) is 23.8 Å². The van der Waals surface area contributed by atoms with E-state index in [1.807, 2.05) is 18.2 Å². The van der Waals surface area contributed by atoms with Crippen LogP contribution in [0.2, 0.25) is 0 Å². The predicted octanol–water partition coefficient (Wildman–Crippen LogP) is 2.11. The molecule has 1 aliphatic heterocycles. The lowest BCUT2D eigenvalue weighted by atomic mass is 10.1. The van der Waals surface area contributed by atoms with Gasteiger partial charge in [0.15, 0.2) is 0 Å². The number of carbonyl (C=O) groups excluding carboxylic acids is 1. The van der Waals surface area contributed by atoms with Gasteiger partial charge in [-0.15, -0.1) is 0 Å². The number of hydrogen-bond acceptors (Lipinski definition) is 2. The fraction of sp³-hybridized carbons (Fsp3) is 0.300. The number of nitrogens with zero attached hydrogens (tertiary/aromatic N) is 1. The van der Waals surface area contributed by atoms with Gasteiger partial charge in [0.1, 0.15) is 5.75 Å². The van der Waals surface area contributed by atoms with Crippen molar-refractivity contribution in [3.63, 3.8) is 0 Å². The van der Waals surface area contributed by atoms with Crippen molar-refractivity contribution in [1.82, 2.24) is 0 Å². The van der Waals surface area contributed by atoms with Gasteiger partial charge in [-0.1, -0.05) is 12.6 Å². The maximum Gasteiger partial charge on any atom is 0.282 e. The second kappa shape index (κ2) is 3.53.